The van der Waals surface area contributed by atoms with Crippen molar-refractivity contribution in [2.24, 2.45) is 0 Å². The molecule has 1 saturated carbocycles. The maximum atomic E-state index is 14.1. The zero-order chi connectivity index (χ0) is 42.7. The van der Waals surface area contributed by atoms with Crippen LogP contribution in [0.1, 0.15) is 62.5 Å². The van der Waals surface area contributed by atoms with Gasteiger partial charge in [-0.3, -0.25) is 0 Å². The molecule has 0 bridgehead atoms. The van der Waals surface area contributed by atoms with E-state index in [2.05, 4.69) is 109 Å². The second kappa shape index (κ2) is 17.8. The summed E-state index contributed by atoms with van der Waals surface area (Å²) in [6, 6.07) is 56.7. The molecular weight excluding hydrogens is 765 g/mol. The van der Waals surface area contributed by atoms with Crippen LogP contribution in [0.5, 0.6) is 11.5 Å². The van der Waals surface area contributed by atoms with Gasteiger partial charge in [0.1, 0.15) is 11.5 Å². The number of nitrogens with zero attached hydrogens (tertiary/aromatic N) is 2. The van der Waals surface area contributed by atoms with Crippen molar-refractivity contribution < 1.29 is 20.4 Å². The van der Waals surface area contributed by atoms with Gasteiger partial charge in [0.05, 0.1) is 11.4 Å². The van der Waals surface area contributed by atoms with Crippen molar-refractivity contribution in [1.29, 1.82) is 0 Å². The summed E-state index contributed by atoms with van der Waals surface area (Å²) in [5.41, 5.74) is 9.02. The maximum absolute atomic E-state index is 14.1. The Hall–Kier alpha value is -6.60. The Balaban J connectivity index is 1.05. The molecule has 312 valence electrons. The second-order valence-corrected chi connectivity index (χ2v) is 16.6. The number of fused-ring (bicyclic) bond motifs is 2. The van der Waals surface area contributed by atoms with Gasteiger partial charge in [-0.1, -0.05) is 148 Å². The number of para-hydroxylation sites is 2. The van der Waals surface area contributed by atoms with Crippen LogP contribution in [0.4, 0.5) is 22.7 Å². The van der Waals surface area contributed by atoms with Crippen LogP contribution in [0.3, 0.4) is 0 Å². The lowest BCUT2D eigenvalue weighted by Gasteiger charge is -2.61. The molecule has 0 spiro atoms. The number of aromatic hydroxyl groups is 2. The lowest BCUT2D eigenvalue weighted by Crippen LogP contribution is -2.63. The highest BCUT2D eigenvalue weighted by Crippen LogP contribution is 2.52. The van der Waals surface area contributed by atoms with Gasteiger partial charge in [-0.15, -0.1) is 12.2 Å². The first-order chi connectivity index (χ1) is 30.4. The van der Waals surface area contributed by atoms with Gasteiger partial charge in [0.25, 0.3) is 0 Å². The Labute approximate surface area is 364 Å². The van der Waals surface area contributed by atoms with Crippen molar-refractivity contribution in [3.8, 4) is 33.8 Å². The summed E-state index contributed by atoms with van der Waals surface area (Å²) in [5, 5.41) is 54.4. The number of anilines is 4. The molecule has 8 aromatic carbocycles. The molecule has 0 aliphatic heterocycles. The van der Waals surface area contributed by atoms with Crippen LogP contribution in [0, 0.1) is 0 Å². The second-order valence-electron chi connectivity index (χ2n) is 16.6. The van der Waals surface area contributed by atoms with E-state index >= 15 is 0 Å². The molecule has 0 aromatic heterocycles. The Bertz CT molecular complexity index is 2720. The number of rotatable bonds is 14. The standard InChI is InChI=1S/C56H52N2O4/c1-3-5-33-57(34-6-4-2)41-27-31-45-39(35-41)25-29-47(53(45)59)51-55(61)52(56(51)62)48-30-26-40-36-42(28-32-46(40)54(48)60)58(49-23-15-13-21-43(49)37-17-9-7-10-18-37)50-24-16-14-22-44(50)38-19-11-8-12-20-38/h7-32,35-36,51-52,55-56,59-60H,3-6,33-34H2,1-2H3/q-2. The predicted octanol–water partition coefficient (Wildman–Crippen LogP) is 12.0. The van der Waals surface area contributed by atoms with Crippen LogP contribution in [0.2, 0.25) is 0 Å². The number of phenolic OH excluding ortho intramolecular Hbond substituents is 2. The van der Waals surface area contributed by atoms with Crippen LogP contribution in [-0.4, -0.2) is 35.5 Å². The van der Waals surface area contributed by atoms with Crippen molar-refractivity contribution >= 4 is 44.3 Å². The lowest BCUT2D eigenvalue weighted by molar-refractivity contribution is -0.536. The first kappa shape index (κ1) is 40.8. The monoisotopic (exact) mass is 816 g/mol. The Morgan fingerprint density at radius 2 is 0.887 bits per heavy atom. The van der Waals surface area contributed by atoms with Crippen LogP contribution in [-0.2, 0) is 0 Å². The lowest BCUT2D eigenvalue weighted by atomic mass is 9.62. The zero-order valence-corrected chi connectivity index (χ0v) is 35.3. The largest absolute Gasteiger partial charge is 0.851 e. The van der Waals surface area contributed by atoms with Gasteiger partial charge in [0.2, 0.25) is 0 Å². The van der Waals surface area contributed by atoms with Crippen LogP contribution >= 0.6 is 0 Å². The summed E-state index contributed by atoms with van der Waals surface area (Å²) in [6.45, 7) is 6.33. The molecule has 1 aliphatic rings. The molecule has 6 nitrogen and oxygen atoms in total. The fourth-order valence-corrected chi connectivity index (χ4v) is 9.43. The van der Waals surface area contributed by atoms with E-state index in [1.807, 2.05) is 72.8 Å². The number of hydrogen-bond acceptors (Lipinski definition) is 6. The molecular formula is C56H52N2O4-2. The fourth-order valence-electron chi connectivity index (χ4n) is 9.43. The fraction of sp³-hybridized carbons (Fsp3) is 0.214. The van der Waals surface area contributed by atoms with Gasteiger partial charge in [0.15, 0.2) is 0 Å². The zero-order valence-electron chi connectivity index (χ0n) is 35.3. The minimum atomic E-state index is -1.33. The molecule has 0 radical (unpaired) electrons. The van der Waals surface area contributed by atoms with E-state index in [1.54, 1.807) is 12.1 Å². The van der Waals surface area contributed by atoms with Crippen molar-refractivity contribution in [2.45, 2.75) is 63.6 Å². The third-order valence-electron chi connectivity index (χ3n) is 12.8. The summed E-state index contributed by atoms with van der Waals surface area (Å²) in [6.07, 6.45) is 1.77. The number of benzene rings is 8. The van der Waals surface area contributed by atoms with Gasteiger partial charge in [-0.2, -0.15) is 0 Å². The van der Waals surface area contributed by atoms with Gasteiger partial charge < -0.3 is 30.2 Å². The molecule has 2 unspecified atom stereocenters. The Kier molecular flexibility index (Phi) is 11.7. The molecule has 0 saturated heterocycles. The van der Waals surface area contributed by atoms with Gasteiger partial charge in [0, 0.05) is 46.4 Å². The summed E-state index contributed by atoms with van der Waals surface area (Å²) in [4.78, 5) is 4.66. The van der Waals surface area contributed by atoms with Crippen LogP contribution in [0.15, 0.2) is 170 Å². The molecule has 0 amide bonds. The Morgan fingerprint density at radius 1 is 0.468 bits per heavy atom. The first-order valence-corrected chi connectivity index (χ1v) is 22.0. The number of hydrogen-bond donors (Lipinski definition) is 2. The molecule has 1 fully saturated rings. The van der Waals surface area contributed by atoms with E-state index in [4.69, 9.17) is 0 Å². The van der Waals surface area contributed by atoms with E-state index in [1.165, 1.54) is 0 Å². The molecule has 62 heavy (non-hydrogen) atoms. The molecule has 2 N–H and O–H groups in total. The normalized spacial score (nSPS) is 17.2. The first-order valence-electron chi connectivity index (χ1n) is 22.0. The smallest absolute Gasteiger partial charge is 0.126 e. The number of unbranched alkanes of at least 4 members (excludes halogenated alkanes) is 2. The SMILES string of the molecule is CCCCN(CCCC)c1ccc2c(O)c(C3C([O-])C(c4ccc5cc(N(c6ccccc6-c6ccccc6)c6ccccc6-c6ccccc6)ccc5c4O)C3[O-])ccc2c1. The third kappa shape index (κ3) is 7.55. The average Bonchev–Trinajstić information content (AvgIpc) is 3.32. The predicted molar refractivity (Wildman–Crippen MR) is 252 cm³/mol. The molecule has 9 rings (SSSR count). The molecule has 1 aliphatic carbocycles. The molecule has 0 heterocycles. The van der Waals surface area contributed by atoms with Crippen LogP contribution < -0.4 is 20.0 Å². The highest BCUT2D eigenvalue weighted by atomic mass is 16.3. The summed E-state index contributed by atoms with van der Waals surface area (Å²) in [7, 11) is 0. The topological polar surface area (TPSA) is 93.1 Å². The third-order valence-corrected chi connectivity index (χ3v) is 12.8. The molecule has 8 aromatic rings. The van der Waals surface area contributed by atoms with Gasteiger partial charge >= 0.3 is 0 Å². The van der Waals surface area contributed by atoms with Crippen molar-refractivity contribution in [3.63, 3.8) is 0 Å². The van der Waals surface area contributed by atoms with E-state index < -0.39 is 24.0 Å². The summed E-state index contributed by atoms with van der Waals surface area (Å²) < 4.78 is 0. The van der Waals surface area contributed by atoms with E-state index in [0.29, 0.717) is 21.9 Å². The van der Waals surface area contributed by atoms with E-state index in [-0.39, 0.29) is 11.5 Å². The maximum Gasteiger partial charge on any atom is 0.126 e. The summed E-state index contributed by atoms with van der Waals surface area (Å²) >= 11 is 0. The minimum Gasteiger partial charge on any atom is -0.851 e. The van der Waals surface area contributed by atoms with Crippen molar-refractivity contribution in [1.82, 2.24) is 0 Å². The number of phenols is 2. The van der Waals surface area contributed by atoms with Crippen molar-refractivity contribution in [3.05, 3.63) is 181 Å². The Morgan fingerprint density at radius 3 is 1.35 bits per heavy atom. The van der Waals surface area contributed by atoms with Crippen molar-refractivity contribution in [2.75, 3.05) is 22.9 Å². The van der Waals surface area contributed by atoms with Gasteiger partial charge in [-0.25, -0.2) is 0 Å². The average molecular weight is 817 g/mol. The quantitative estimate of drug-likeness (QED) is 0.114. The van der Waals surface area contributed by atoms with E-state index in [0.717, 1.165) is 94.5 Å². The molecule has 6 heteroatoms. The highest BCUT2D eigenvalue weighted by Gasteiger charge is 2.41. The minimum absolute atomic E-state index is 0.00430. The van der Waals surface area contributed by atoms with E-state index in [9.17, 15) is 20.4 Å². The highest BCUT2D eigenvalue weighted by molar-refractivity contribution is 5.98. The van der Waals surface area contributed by atoms with Gasteiger partial charge in [-0.05, 0) is 106 Å². The summed E-state index contributed by atoms with van der Waals surface area (Å²) in [5.74, 6) is -1.95. The molecule has 2 atom stereocenters. The van der Waals surface area contributed by atoms with Crippen LogP contribution in [0.25, 0.3) is 43.8 Å².